The average Bonchev–Trinajstić information content (AvgIpc) is 2.22. The monoisotopic (exact) mass is 221 g/mol. The number of alkyl halides is 2. The summed E-state index contributed by atoms with van der Waals surface area (Å²) >= 11 is 0. The first-order valence-electron chi connectivity index (χ1n) is 5.61. The average molecular weight is 221 g/mol. The van der Waals surface area contributed by atoms with Gasteiger partial charge in [-0.15, -0.1) is 0 Å². The van der Waals surface area contributed by atoms with Gasteiger partial charge in [0, 0.05) is 19.5 Å². The smallest absolute Gasteiger partial charge is 0.246 e. The van der Waals surface area contributed by atoms with Crippen molar-refractivity contribution in [3.63, 3.8) is 0 Å². The van der Waals surface area contributed by atoms with Crippen molar-refractivity contribution >= 4 is 0 Å². The molecule has 0 radical (unpaired) electrons. The Kier molecular flexibility index (Phi) is 4.06. The first-order chi connectivity index (χ1) is 6.79. The molecule has 15 heavy (non-hydrogen) atoms. The van der Waals surface area contributed by atoms with E-state index in [2.05, 4.69) is 0 Å². The molecule has 1 N–H and O–H groups in total. The minimum atomic E-state index is -2.57. The third-order valence-corrected chi connectivity index (χ3v) is 3.02. The molecule has 1 fully saturated rings. The van der Waals surface area contributed by atoms with Crippen molar-refractivity contribution in [3.8, 4) is 0 Å². The summed E-state index contributed by atoms with van der Waals surface area (Å²) in [5.41, 5.74) is -0.608. The summed E-state index contributed by atoms with van der Waals surface area (Å²) in [6.07, 6.45) is 2.26. The van der Waals surface area contributed by atoms with Gasteiger partial charge in [-0.05, 0) is 39.7 Å². The molecule has 0 aromatic heterocycles. The van der Waals surface area contributed by atoms with E-state index in [1.165, 1.54) is 0 Å². The van der Waals surface area contributed by atoms with E-state index in [0.29, 0.717) is 13.0 Å². The van der Waals surface area contributed by atoms with Gasteiger partial charge in [0.1, 0.15) is 0 Å². The Bertz CT molecular complexity index is 201. The molecule has 1 atom stereocenters. The Hall–Kier alpha value is -0.220. The predicted molar refractivity (Wildman–Crippen MR) is 56.2 cm³/mol. The molecule has 1 unspecified atom stereocenters. The lowest BCUT2D eigenvalue weighted by atomic mass is 9.98. The summed E-state index contributed by atoms with van der Waals surface area (Å²) in [4.78, 5) is 2.03. The van der Waals surface area contributed by atoms with Crippen LogP contribution in [0.2, 0.25) is 0 Å². The standard InChI is InChI=1S/C11H21F2NO/c1-10(15)4-3-7-14(8-5-10)9-6-11(2,12)13/h15H,3-9H2,1-2H3. The fourth-order valence-corrected chi connectivity index (χ4v) is 1.90. The van der Waals surface area contributed by atoms with Crippen molar-refractivity contribution in [2.75, 3.05) is 19.6 Å². The van der Waals surface area contributed by atoms with Crippen molar-refractivity contribution < 1.29 is 13.9 Å². The number of aliphatic hydroxyl groups is 1. The van der Waals surface area contributed by atoms with Gasteiger partial charge in [-0.1, -0.05) is 0 Å². The van der Waals surface area contributed by atoms with E-state index in [1.807, 2.05) is 11.8 Å². The van der Waals surface area contributed by atoms with E-state index >= 15 is 0 Å². The predicted octanol–water partition coefficient (Wildman–Crippen LogP) is 2.27. The van der Waals surface area contributed by atoms with Crippen molar-refractivity contribution in [1.82, 2.24) is 4.90 Å². The molecule has 1 rings (SSSR count). The lowest BCUT2D eigenvalue weighted by molar-refractivity contribution is 0.00233. The molecule has 0 saturated carbocycles. The molecule has 0 aliphatic carbocycles. The molecule has 4 heteroatoms. The lowest BCUT2D eigenvalue weighted by Gasteiger charge is -2.23. The van der Waals surface area contributed by atoms with E-state index < -0.39 is 11.5 Å². The molecule has 0 aromatic rings. The summed E-state index contributed by atoms with van der Waals surface area (Å²) in [5.74, 6) is -2.57. The topological polar surface area (TPSA) is 23.5 Å². The first-order valence-corrected chi connectivity index (χ1v) is 5.61. The van der Waals surface area contributed by atoms with Gasteiger partial charge in [0.05, 0.1) is 5.60 Å². The zero-order chi connectivity index (χ0) is 11.5. The van der Waals surface area contributed by atoms with Crippen LogP contribution in [0.25, 0.3) is 0 Å². The second-order valence-electron chi connectivity index (χ2n) is 5.01. The summed E-state index contributed by atoms with van der Waals surface area (Å²) in [6, 6.07) is 0. The molecule has 0 amide bonds. The molecular formula is C11H21F2NO. The third-order valence-electron chi connectivity index (χ3n) is 3.02. The largest absolute Gasteiger partial charge is 0.390 e. The Morgan fingerprint density at radius 1 is 1.33 bits per heavy atom. The van der Waals surface area contributed by atoms with Gasteiger partial charge in [0.2, 0.25) is 5.92 Å². The van der Waals surface area contributed by atoms with E-state index in [-0.39, 0.29) is 6.42 Å². The van der Waals surface area contributed by atoms with Crippen molar-refractivity contribution in [1.29, 1.82) is 0 Å². The Morgan fingerprint density at radius 2 is 2.00 bits per heavy atom. The van der Waals surface area contributed by atoms with Gasteiger partial charge in [-0.3, -0.25) is 0 Å². The highest BCUT2D eigenvalue weighted by Crippen LogP contribution is 2.23. The SMILES string of the molecule is CC(F)(F)CCN1CCCC(C)(O)CC1. The molecule has 0 spiro atoms. The van der Waals surface area contributed by atoms with Crippen LogP contribution in [0, 0.1) is 0 Å². The summed E-state index contributed by atoms with van der Waals surface area (Å²) < 4.78 is 25.3. The Morgan fingerprint density at radius 3 is 2.60 bits per heavy atom. The van der Waals surface area contributed by atoms with Crippen LogP contribution in [0.4, 0.5) is 8.78 Å². The fraction of sp³-hybridized carbons (Fsp3) is 1.00. The Balaban J connectivity index is 2.32. The van der Waals surface area contributed by atoms with Gasteiger partial charge in [0.15, 0.2) is 0 Å². The number of nitrogens with zero attached hydrogens (tertiary/aromatic N) is 1. The third kappa shape index (κ3) is 5.42. The Labute approximate surface area is 90.3 Å². The molecule has 1 aliphatic heterocycles. The van der Waals surface area contributed by atoms with Crippen LogP contribution >= 0.6 is 0 Å². The van der Waals surface area contributed by atoms with Crippen LogP contribution in [0.1, 0.15) is 39.5 Å². The van der Waals surface area contributed by atoms with Gasteiger partial charge < -0.3 is 10.0 Å². The minimum Gasteiger partial charge on any atom is -0.390 e. The van der Waals surface area contributed by atoms with E-state index in [0.717, 1.165) is 32.9 Å². The maximum absolute atomic E-state index is 12.7. The molecule has 0 aromatic carbocycles. The maximum Gasteiger partial charge on any atom is 0.246 e. The highest BCUT2D eigenvalue weighted by molar-refractivity contribution is 4.79. The van der Waals surface area contributed by atoms with E-state index in [4.69, 9.17) is 0 Å². The van der Waals surface area contributed by atoms with Crippen LogP contribution in [0.3, 0.4) is 0 Å². The number of hydrogen-bond acceptors (Lipinski definition) is 2. The molecule has 1 saturated heterocycles. The zero-order valence-electron chi connectivity index (χ0n) is 9.60. The van der Waals surface area contributed by atoms with Crippen LogP contribution in [-0.2, 0) is 0 Å². The van der Waals surface area contributed by atoms with Crippen LogP contribution < -0.4 is 0 Å². The minimum absolute atomic E-state index is 0.0882. The van der Waals surface area contributed by atoms with Crippen LogP contribution in [0.15, 0.2) is 0 Å². The normalized spacial score (nSPS) is 30.2. The summed E-state index contributed by atoms with van der Waals surface area (Å²) in [6.45, 7) is 4.76. The second kappa shape index (κ2) is 4.74. The highest BCUT2D eigenvalue weighted by atomic mass is 19.3. The quantitative estimate of drug-likeness (QED) is 0.790. The summed E-state index contributed by atoms with van der Waals surface area (Å²) in [7, 11) is 0. The molecule has 1 heterocycles. The van der Waals surface area contributed by atoms with Gasteiger partial charge in [-0.2, -0.15) is 0 Å². The number of rotatable bonds is 3. The maximum atomic E-state index is 12.7. The lowest BCUT2D eigenvalue weighted by Crippen LogP contribution is -2.31. The first kappa shape index (κ1) is 12.8. The number of likely N-dealkylation sites (tertiary alicyclic amines) is 1. The van der Waals surface area contributed by atoms with Crippen LogP contribution in [0.5, 0.6) is 0 Å². The second-order valence-corrected chi connectivity index (χ2v) is 5.01. The number of halogens is 2. The summed E-state index contributed by atoms with van der Waals surface area (Å²) in [5, 5.41) is 9.83. The van der Waals surface area contributed by atoms with E-state index in [1.54, 1.807) is 0 Å². The van der Waals surface area contributed by atoms with Gasteiger partial charge in [-0.25, -0.2) is 8.78 Å². The highest BCUT2D eigenvalue weighted by Gasteiger charge is 2.27. The molecule has 1 aliphatic rings. The molecular weight excluding hydrogens is 200 g/mol. The molecule has 2 nitrogen and oxygen atoms in total. The molecule has 0 bridgehead atoms. The van der Waals surface area contributed by atoms with E-state index in [9.17, 15) is 13.9 Å². The zero-order valence-corrected chi connectivity index (χ0v) is 9.60. The van der Waals surface area contributed by atoms with Gasteiger partial charge >= 0.3 is 0 Å². The van der Waals surface area contributed by atoms with Crippen molar-refractivity contribution in [2.45, 2.75) is 51.1 Å². The van der Waals surface area contributed by atoms with Crippen LogP contribution in [-0.4, -0.2) is 41.2 Å². The number of hydrogen-bond donors (Lipinski definition) is 1. The van der Waals surface area contributed by atoms with Crippen molar-refractivity contribution in [3.05, 3.63) is 0 Å². The molecule has 90 valence electrons. The van der Waals surface area contributed by atoms with Gasteiger partial charge in [0.25, 0.3) is 0 Å². The fourth-order valence-electron chi connectivity index (χ4n) is 1.90. The van der Waals surface area contributed by atoms with Crippen molar-refractivity contribution in [2.24, 2.45) is 0 Å².